The third-order valence-electron chi connectivity index (χ3n) is 5.20. The molecule has 3 rings (SSSR count). The number of carbonyl (C=O) groups excluding carboxylic acids is 3. The van der Waals surface area contributed by atoms with Crippen LogP contribution in [0.25, 0.3) is 0 Å². The van der Waals surface area contributed by atoms with E-state index in [2.05, 4.69) is 5.32 Å². The second-order valence-corrected chi connectivity index (χ2v) is 7.38. The minimum absolute atomic E-state index is 0.00260. The van der Waals surface area contributed by atoms with Crippen LogP contribution in [0.2, 0.25) is 0 Å². The van der Waals surface area contributed by atoms with Gasteiger partial charge in [0.05, 0.1) is 34.3 Å². The van der Waals surface area contributed by atoms with E-state index < -0.39 is 22.8 Å². The number of aldehydes is 1. The summed E-state index contributed by atoms with van der Waals surface area (Å²) in [6.45, 7) is 3.04. The number of hydrogen-bond acceptors (Lipinski definition) is 9. The molecule has 0 saturated heterocycles. The Labute approximate surface area is 201 Å². The molecule has 0 saturated carbocycles. The van der Waals surface area contributed by atoms with E-state index in [0.29, 0.717) is 12.0 Å². The number of benzene rings is 2. The Morgan fingerprint density at radius 2 is 1.66 bits per heavy atom. The van der Waals surface area contributed by atoms with Crippen LogP contribution >= 0.6 is 0 Å². The van der Waals surface area contributed by atoms with Crippen molar-refractivity contribution in [2.45, 2.75) is 19.8 Å². The number of allylic oxidation sites excluding steroid dienone is 2. The van der Waals surface area contributed by atoms with Crippen molar-refractivity contribution in [3.8, 4) is 5.75 Å². The maximum Gasteiger partial charge on any atom is 0.337 e. The summed E-state index contributed by atoms with van der Waals surface area (Å²) >= 11 is 0. The largest absolute Gasteiger partial charge is 0.490 e. The second kappa shape index (κ2) is 11.6. The number of esters is 2. The summed E-state index contributed by atoms with van der Waals surface area (Å²) in [4.78, 5) is 49.0. The predicted octanol–water partition coefficient (Wildman–Crippen LogP) is 3.19. The first-order chi connectivity index (χ1) is 16.9. The van der Waals surface area contributed by atoms with Crippen LogP contribution in [0, 0.1) is 10.1 Å². The monoisotopic (exact) mass is 480 g/mol. The lowest BCUT2D eigenvalue weighted by atomic mass is 9.79. The van der Waals surface area contributed by atoms with E-state index in [1.165, 1.54) is 25.1 Å². The normalized spacial score (nSPS) is 15.2. The lowest BCUT2D eigenvalue weighted by Crippen LogP contribution is -2.34. The maximum atomic E-state index is 13.2. The van der Waals surface area contributed by atoms with Crippen molar-refractivity contribution in [1.29, 1.82) is 0 Å². The lowest BCUT2D eigenvalue weighted by Gasteiger charge is -2.29. The van der Waals surface area contributed by atoms with Crippen molar-refractivity contribution >= 4 is 23.9 Å². The Kier molecular flexibility index (Phi) is 8.33. The van der Waals surface area contributed by atoms with E-state index in [4.69, 9.17) is 14.2 Å². The molecule has 0 bridgehead atoms. The summed E-state index contributed by atoms with van der Waals surface area (Å²) in [6, 6.07) is 14.6. The van der Waals surface area contributed by atoms with Gasteiger partial charge in [0.25, 0.3) is 5.69 Å². The number of nitro benzene ring substituents is 1. The van der Waals surface area contributed by atoms with Gasteiger partial charge in [-0.05, 0) is 26.0 Å². The quantitative estimate of drug-likeness (QED) is 0.179. The molecule has 182 valence electrons. The fourth-order valence-corrected chi connectivity index (χ4v) is 3.75. The van der Waals surface area contributed by atoms with Gasteiger partial charge in [-0.2, -0.15) is 0 Å². The Morgan fingerprint density at radius 3 is 2.31 bits per heavy atom. The average molecular weight is 480 g/mol. The van der Waals surface area contributed by atoms with Crippen LogP contribution in [0.5, 0.6) is 5.75 Å². The molecule has 35 heavy (non-hydrogen) atoms. The molecule has 2 aromatic rings. The first-order valence-corrected chi connectivity index (χ1v) is 10.8. The summed E-state index contributed by atoms with van der Waals surface area (Å²) < 4.78 is 16.0. The zero-order valence-corrected chi connectivity index (χ0v) is 19.2. The third kappa shape index (κ3) is 5.72. The number of nitrogens with one attached hydrogen (secondary N) is 1. The first-order valence-electron chi connectivity index (χ1n) is 10.8. The molecule has 1 heterocycles. The SMILES string of the molecule is CCOC(=O)C1=C(C=O)NC(C)=C(C(=O)OCCOc2ccccc2)C1c1ccccc1[N+](=O)[O-]. The predicted molar refractivity (Wildman–Crippen MR) is 124 cm³/mol. The molecule has 1 atom stereocenters. The Hall–Kier alpha value is -4.47. The Bertz CT molecular complexity index is 1190. The van der Waals surface area contributed by atoms with E-state index >= 15 is 0 Å². The van der Waals surface area contributed by atoms with Gasteiger partial charge >= 0.3 is 11.9 Å². The first kappa shape index (κ1) is 25.2. The highest BCUT2D eigenvalue weighted by Gasteiger charge is 2.41. The van der Waals surface area contributed by atoms with Crippen molar-refractivity contribution in [1.82, 2.24) is 5.32 Å². The summed E-state index contributed by atoms with van der Waals surface area (Å²) in [5.74, 6) is -2.36. The molecular weight excluding hydrogens is 456 g/mol. The van der Waals surface area contributed by atoms with Gasteiger partial charge < -0.3 is 19.5 Å². The highest BCUT2D eigenvalue weighted by molar-refractivity contribution is 6.03. The maximum absolute atomic E-state index is 13.2. The van der Waals surface area contributed by atoms with Crippen LogP contribution < -0.4 is 10.1 Å². The zero-order valence-electron chi connectivity index (χ0n) is 19.2. The van der Waals surface area contributed by atoms with Crippen LogP contribution in [0.3, 0.4) is 0 Å². The molecule has 0 fully saturated rings. The van der Waals surface area contributed by atoms with Gasteiger partial charge in [-0.15, -0.1) is 0 Å². The Morgan fingerprint density at radius 1 is 1.00 bits per heavy atom. The summed E-state index contributed by atoms with van der Waals surface area (Å²) in [5, 5.41) is 14.5. The summed E-state index contributed by atoms with van der Waals surface area (Å²) in [7, 11) is 0. The molecule has 0 amide bonds. The third-order valence-corrected chi connectivity index (χ3v) is 5.20. The van der Waals surface area contributed by atoms with Gasteiger partial charge in [-0.3, -0.25) is 14.9 Å². The van der Waals surface area contributed by atoms with Crippen LogP contribution in [0.1, 0.15) is 25.3 Å². The molecule has 10 nitrogen and oxygen atoms in total. The minimum atomic E-state index is -1.26. The lowest BCUT2D eigenvalue weighted by molar-refractivity contribution is -0.385. The molecule has 0 radical (unpaired) electrons. The van der Waals surface area contributed by atoms with E-state index in [0.717, 1.165) is 0 Å². The highest BCUT2D eigenvalue weighted by atomic mass is 16.6. The molecule has 1 N–H and O–H groups in total. The van der Waals surface area contributed by atoms with Crippen LogP contribution in [0.15, 0.2) is 77.1 Å². The number of ether oxygens (including phenoxy) is 3. The fraction of sp³-hybridized carbons (Fsp3) is 0.240. The van der Waals surface area contributed by atoms with Gasteiger partial charge in [-0.1, -0.05) is 36.4 Å². The smallest absolute Gasteiger partial charge is 0.337 e. The van der Waals surface area contributed by atoms with Gasteiger partial charge in [0.2, 0.25) is 0 Å². The van der Waals surface area contributed by atoms with E-state index in [-0.39, 0.29) is 53.6 Å². The van der Waals surface area contributed by atoms with Gasteiger partial charge in [0, 0.05) is 17.3 Å². The van der Waals surface area contributed by atoms with Gasteiger partial charge in [0.1, 0.15) is 19.0 Å². The molecule has 1 aliphatic heterocycles. The highest BCUT2D eigenvalue weighted by Crippen LogP contribution is 2.42. The van der Waals surface area contributed by atoms with E-state index in [1.807, 2.05) is 6.07 Å². The fourth-order valence-electron chi connectivity index (χ4n) is 3.75. The molecule has 10 heteroatoms. The summed E-state index contributed by atoms with van der Waals surface area (Å²) in [5.41, 5.74) is -0.461. The number of para-hydroxylation sites is 2. The number of nitro groups is 1. The van der Waals surface area contributed by atoms with Gasteiger partial charge in [0.15, 0.2) is 6.29 Å². The topological polar surface area (TPSA) is 134 Å². The van der Waals surface area contributed by atoms with Crippen LogP contribution in [-0.4, -0.2) is 43.0 Å². The zero-order chi connectivity index (χ0) is 25.4. The van der Waals surface area contributed by atoms with E-state index in [9.17, 15) is 24.5 Å². The molecule has 2 aromatic carbocycles. The van der Waals surface area contributed by atoms with Crippen LogP contribution in [0.4, 0.5) is 5.69 Å². The van der Waals surface area contributed by atoms with E-state index in [1.54, 1.807) is 37.3 Å². The van der Waals surface area contributed by atoms with Crippen LogP contribution in [-0.2, 0) is 23.9 Å². The minimum Gasteiger partial charge on any atom is -0.490 e. The summed E-state index contributed by atoms with van der Waals surface area (Å²) in [6.07, 6.45) is 0.410. The van der Waals surface area contributed by atoms with Gasteiger partial charge in [-0.25, -0.2) is 9.59 Å². The molecule has 0 aromatic heterocycles. The number of nitrogens with zero attached hydrogens (tertiary/aromatic N) is 1. The number of carbonyl (C=O) groups is 3. The molecule has 0 aliphatic carbocycles. The van der Waals surface area contributed by atoms with Crippen molar-refractivity contribution < 1.29 is 33.5 Å². The second-order valence-electron chi connectivity index (χ2n) is 7.38. The van der Waals surface area contributed by atoms with Crippen molar-refractivity contribution in [3.05, 3.63) is 92.8 Å². The molecule has 0 spiro atoms. The van der Waals surface area contributed by atoms with Crippen molar-refractivity contribution in [3.63, 3.8) is 0 Å². The average Bonchev–Trinajstić information content (AvgIpc) is 2.86. The molecular formula is C25H24N2O8. The number of rotatable bonds is 10. The standard InChI is InChI=1S/C25H24N2O8/c1-3-33-25(30)23-19(15-28)26-16(2)21(22(23)18-11-7-8-12-20(18)27(31)32)24(29)35-14-13-34-17-9-5-4-6-10-17/h4-12,15,22,26H,3,13-14H2,1-2H3. The van der Waals surface area contributed by atoms with Crippen molar-refractivity contribution in [2.24, 2.45) is 0 Å². The number of hydrogen-bond donors (Lipinski definition) is 1. The molecule has 1 unspecified atom stereocenters. The molecule has 1 aliphatic rings. The Balaban J connectivity index is 1.98. The number of dihydropyridines is 1. The van der Waals surface area contributed by atoms with Crippen molar-refractivity contribution in [2.75, 3.05) is 19.8 Å².